The van der Waals surface area contributed by atoms with Gasteiger partial charge in [-0.1, -0.05) is 29.3 Å². The van der Waals surface area contributed by atoms with Crippen LogP contribution in [0.4, 0.5) is 0 Å². The zero-order valence-corrected chi connectivity index (χ0v) is 23.5. The molecule has 37 heavy (non-hydrogen) atoms. The van der Waals surface area contributed by atoms with Crippen molar-refractivity contribution in [1.82, 2.24) is 9.88 Å². The summed E-state index contributed by atoms with van der Waals surface area (Å²) in [5.74, 6) is 1.98. The minimum atomic E-state index is -0.711. The van der Waals surface area contributed by atoms with Gasteiger partial charge in [0.15, 0.2) is 0 Å². The minimum absolute atomic E-state index is 0.230. The maximum Gasteiger partial charge on any atom is 0.303 e. The van der Waals surface area contributed by atoms with Gasteiger partial charge in [-0.25, -0.2) is 0 Å². The summed E-state index contributed by atoms with van der Waals surface area (Å²) < 4.78 is 5.42. The van der Waals surface area contributed by atoms with Gasteiger partial charge >= 0.3 is 5.97 Å². The van der Waals surface area contributed by atoms with Crippen LogP contribution in [0.25, 0.3) is 10.9 Å². The number of aliphatic carboxylic acids is 1. The molecule has 8 heteroatoms. The highest BCUT2D eigenvalue weighted by Crippen LogP contribution is 2.35. The van der Waals surface area contributed by atoms with Gasteiger partial charge in [0.25, 0.3) is 0 Å². The average Bonchev–Trinajstić information content (AvgIpc) is 2.89. The van der Waals surface area contributed by atoms with Crippen LogP contribution in [0.15, 0.2) is 53.6 Å². The number of likely N-dealkylation sites (tertiary alicyclic amines) is 1. The highest BCUT2D eigenvalue weighted by atomic mass is 35.5. The van der Waals surface area contributed by atoms with Gasteiger partial charge in [0.2, 0.25) is 0 Å². The number of rotatable bonds is 12. The molecule has 1 aliphatic rings. The molecule has 0 spiro atoms. The van der Waals surface area contributed by atoms with Gasteiger partial charge in [0.05, 0.1) is 22.7 Å². The van der Waals surface area contributed by atoms with E-state index in [2.05, 4.69) is 22.0 Å². The molecule has 3 aromatic rings. The number of aryl methyl sites for hydroxylation is 1. The van der Waals surface area contributed by atoms with Crippen LogP contribution in [-0.4, -0.2) is 53.5 Å². The highest BCUT2D eigenvalue weighted by molar-refractivity contribution is 7.99. The number of hydrogen-bond donors (Lipinski definition) is 1. The zero-order valence-electron chi connectivity index (χ0n) is 21.2. The van der Waals surface area contributed by atoms with Crippen LogP contribution in [0, 0.1) is 11.8 Å². The predicted molar refractivity (Wildman–Crippen MR) is 153 cm³/mol. The summed E-state index contributed by atoms with van der Waals surface area (Å²) in [7, 11) is 1.69. The average molecular weight is 562 g/mol. The van der Waals surface area contributed by atoms with Crippen molar-refractivity contribution in [3.05, 3.63) is 64.3 Å². The number of methoxy groups -OCH3 is 1. The molecule has 0 bridgehead atoms. The molecule has 0 saturated carbocycles. The van der Waals surface area contributed by atoms with E-state index in [1.807, 2.05) is 36.5 Å². The second kappa shape index (κ2) is 13.7. The quantitative estimate of drug-likeness (QED) is 0.232. The van der Waals surface area contributed by atoms with Crippen molar-refractivity contribution in [3.63, 3.8) is 0 Å². The first-order chi connectivity index (χ1) is 17.9. The largest absolute Gasteiger partial charge is 0.497 e. The molecule has 0 amide bonds. The van der Waals surface area contributed by atoms with Crippen LogP contribution < -0.4 is 4.74 Å². The Labute approximate surface area is 233 Å². The normalized spacial score (nSPS) is 18.2. The first kappa shape index (κ1) is 28.0. The number of benzene rings is 2. The number of carboxylic acid groups (broad SMARTS) is 1. The second-order valence-electron chi connectivity index (χ2n) is 9.69. The van der Waals surface area contributed by atoms with E-state index in [0.717, 1.165) is 79.0 Å². The predicted octanol–water partition coefficient (Wildman–Crippen LogP) is 7.47. The summed E-state index contributed by atoms with van der Waals surface area (Å²) in [5, 5.41) is 11.9. The first-order valence-electron chi connectivity index (χ1n) is 12.9. The van der Waals surface area contributed by atoms with E-state index in [1.165, 1.54) is 5.56 Å². The lowest BCUT2D eigenvalue weighted by atomic mass is 9.79. The Bertz CT molecular complexity index is 1190. The molecule has 1 aliphatic heterocycles. The first-order valence-corrected chi connectivity index (χ1v) is 14.6. The van der Waals surface area contributed by atoms with Gasteiger partial charge in [-0.05, 0) is 92.4 Å². The molecule has 2 heterocycles. The monoisotopic (exact) mass is 560 g/mol. The third kappa shape index (κ3) is 7.76. The van der Waals surface area contributed by atoms with Gasteiger partial charge in [0.1, 0.15) is 5.75 Å². The molecular formula is C29H34Cl2N2O3S. The topological polar surface area (TPSA) is 62.7 Å². The van der Waals surface area contributed by atoms with Crippen LogP contribution in [0.2, 0.25) is 10.0 Å². The summed E-state index contributed by atoms with van der Waals surface area (Å²) >= 11 is 14.3. The number of carboxylic acids is 1. The minimum Gasteiger partial charge on any atom is -0.497 e. The molecule has 1 aromatic heterocycles. The molecule has 4 rings (SSSR count). The third-order valence-corrected chi connectivity index (χ3v) is 9.31. The molecule has 0 radical (unpaired) electrons. The SMILES string of the molecule is COc1ccc2nccc(CCC[C@@H]3CCN(CCSc4c(Cl)cccc4Cl)C[C@@H]3CCC(=O)O)c2c1. The van der Waals surface area contributed by atoms with E-state index in [4.69, 9.17) is 27.9 Å². The number of thioether (sulfide) groups is 1. The molecular weight excluding hydrogens is 527 g/mol. The zero-order chi connectivity index (χ0) is 26.2. The molecule has 1 fully saturated rings. The van der Waals surface area contributed by atoms with Crippen molar-refractivity contribution in [2.75, 3.05) is 32.5 Å². The fourth-order valence-electron chi connectivity index (χ4n) is 5.35. The summed E-state index contributed by atoms with van der Waals surface area (Å²) in [6, 6.07) is 13.7. The lowest BCUT2D eigenvalue weighted by Crippen LogP contribution is -2.41. The van der Waals surface area contributed by atoms with Crippen molar-refractivity contribution < 1.29 is 14.6 Å². The molecule has 2 atom stereocenters. The fourth-order valence-corrected chi connectivity index (χ4v) is 7.04. The number of fused-ring (bicyclic) bond motifs is 1. The van der Waals surface area contributed by atoms with E-state index in [9.17, 15) is 9.90 Å². The van der Waals surface area contributed by atoms with Gasteiger partial charge < -0.3 is 14.7 Å². The summed E-state index contributed by atoms with van der Waals surface area (Å²) in [6.45, 7) is 2.93. The number of nitrogens with zero attached hydrogens (tertiary/aromatic N) is 2. The lowest BCUT2D eigenvalue weighted by molar-refractivity contribution is -0.137. The standard InChI is InChI=1S/C29H34Cl2N2O3S/c1-36-23-9-10-27-24(18-23)21(12-14-32-27)5-2-4-20-13-15-33(19-22(20)8-11-28(34)35)16-17-37-29-25(30)6-3-7-26(29)31/h3,6-7,9-10,12,14,18,20,22H,2,4-5,8,11,13,15-17,19H2,1H3,(H,34,35)/t20-,22+/m1/s1. The van der Waals surface area contributed by atoms with Crippen LogP contribution >= 0.6 is 35.0 Å². The molecule has 0 unspecified atom stereocenters. The van der Waals surface area contributed by atoms with E-state index in [-0.39, 0.29) is 6.42 Å². The van der Waals surface area contributed by atoms with Crippen molar-refractivity contribution in [1.29, 1.82) is 0 Å². The van der Waals surface area contributed by atoms with Gasteiger partial charge in [-0.3, -0.25) is 9.78 Å². The van der Waals surface area contributed by atoms with Gasteiger partial charge in [-0.15, -0.1) is 11.8 Å². The maximum absolute atomic E-state index is 11.3. The number of carbonyl (C=O) groups is 1. The number of hydrogen-bond acceptors (Lipinski definition) is 5. The summed E-state index contributed by atoms with van der Waals surface area (Å²) in [5.41, 5.74) is 2.28. The Morgan fingerprint density at radius 2 is 1.97 bits per heavy atom. The van der Waals surface area contributed by atoms with Gasteiger partial charge in [0, 0.05) is 41.7 Å². The number of aromatic nitrogens is 1. The molecule has 1 N–H and O–H groups in total. The number of halogens is 2. The van der Waals surface area contributed by atoms with Crippen LogP contribution in [0.5, 0.6) is 5.75 Å². The second-order valence-corrected chi connectivity index (χ2v) is 11.6. The molecule has 2 aromatic carbocycles. The van der Waals surface area contributed by atoms with Crippen molar-refractivity contribution >= 4 is 51.8 Å². The highest BCUT2D eigenvalue weighted by Gasteiger charge is 2.29. The van der Waals surface area contributed by atoms with E-state index in [0.29, 0.717) is 21.9 Å². The number of piperidine rings is 1. The van der Waals surface area contributed by atoms with Gasteiger partial charge in [-0.2, -0.15) is 0 Å². The smallest absolute Gasteiger partial charge is 0.303 e. The van der Waals surface area contributed by atoms with Crippen LogP contribution in [-0.2, 0) is 11.2 Å². The lowest BCUT2D eigenvalue weighted by Gasteiger charge is -2.39. The van der Waals surface area contributed by atoms with Crippen LogP contribution in [0.1, 0.15) is 37.7 Å². The molecule has 1 saturated heterocycles. The number of pyridine rings is 1. The van der Waals surface area contributed by atoms with Crippen molar-refractivity contribution in [2.24, 2.45) is 11.8 Å². The Hall–Kier alpha value is -1.99. The maximum atomic E-state index is 11.3. The Morgan fingerprint density at radius 1 is 1.16 bits per heavy atom. The Kier molecular flexibility index (Phi) is 10.4. The Morgan fingerprint density at radius 3 is 2.73 bits per heavy atom. The van der Waals surface area contributed by atoms with Crippen molar-refractivity contribution in [3.8, 4) is 5.75 Å². The van der Waals surface area contributed by atoms with E-state index < -0.39 is 5.97 Å². The fraction of sp³-hybridized carbons (Fsp3) is 0.448. The molecule has 5 nitrogen and oxygen atoms in total. The van der Waals surface area contributed by atoms with Crippen molar-refractivity contribution in [2.45, 2.75) is 43.4 Å². The summed E-state index contributed by atoms with van der Waals surface area (Å²) in [6.07, 6.45) is 7.11. The van der Waals surface area contributed by atoms with E-state index >= 15 is 0 Å². The Balaban J connectivity index is 1.32. The molecule has 0 aliphatic carbocycles. The van der Waals surface area contributed by atoms with E-state index in [1.54, 1.807) is 18.9 Å². The third-order valence-electron chi connectivity index (χ3n) is 7.34. The molecule has 198 valence electrons. The number of ether oxygens (including phenoxy) is 1. The van der Waals surface area contributed by atoms with Crippen LogP contribution in [0.3, 0.4) is 0 Å². The summed E-state index contributed by atoms with van der Waals surface area (Å²) in [4.78, 5) is 19.2.